The van der Waals surface area contributed by atoms with E-state index in [4.69, 9.17) is 21.1 Å². The van der Waals surface area contributed by atoms with Crippen LogP contribution in [-0.2, 0) is 17.9 Å². The van der Waals surface area contributed by atoms with Gasteiger partial charge in [-0.25, -0.2) is 0 Å². The van der Waals surface area contributed by atoms with Crippen LogP contribution in [0.5, 0.6) is 11.5 Å². The molecule has 1 aromatic heterocycles. The lowest BCUT2D eigenvalue weighted by atomic mass is 10.2. The minimum atomic E-state index is -0.134. The van der Waals surface area contributed by atoms with Crippen molar-refractivity contribution in [1.29, 1.82) is 0 Å². The van der Waals surface area contributed by atoms with Crippen molar-refractivity contribution < 1.29 is 14.3 Å². The van der Waals surface area contributed by atoms with Gasteiger partial charge in [0.05, 0.1) is 0 Å². The molecule has 28 heavy (non-hydrogen) atoms. The van der Waals surface area contributed by atoms with Crippen molar-refractivity contribution in [2.45, 2.75) is 13.1 Å². The van der Waals surface area contributed by atoms with Crippen LogP contribution in [0.15, 0.2) is 42.5 Å². The van der Waals surface area contributed by atoms with Crippen molar-refractivity contribution in [2.24, 2.45) is 0 Å². The maximum Gasteiger partial charge on any atom is 0.246 e. The molecule has 0 atom stereocenters. The lowest BCUT2D eigenvalue weighted by molar-refractivity contribution is -0.131. The number of rotatable bonds is 5. The summed E-state index contributed by atoms with van der Waals surface area (Å²) in [5.74, 6) is 1.72. The van der Waals surface area contributed by atoms with Crippen LogP contribution in [0.25, 0.3) is 11.4 Å². The van der Waals surface area contributed by atoms with E-state index in [2.05, 4.69) is 15.4 Å². The fraction of sp³-hybridized carbons (Fsp3) is 0.263. The Morgan fingerprint density at radius 2 is 2.00 bits per heavy atom. The maximum absolute atomic E-state index is 12.5. The quantitative estimate of drug-likeness (QED) is 0.655. The van der Waals surface area contributed by atoms with Gasteiger partial charge in [0.2, 0.25) is 11.7 Å². The number of tetrazole rings is 1. The van der Waals surface area contributed by atoms with Crippen LogP contribution in [0.4, 0.5) is 0 Å². The van der Waals surface area contributed by atoms with Gasteiger partial charge in [0.1, 0.15) is 19.8 Å². The second-order valence-electron chi connectivity index (χ2n) is 6.38. The van der Waals surface area contributed by atoms with Gasteiger partial charge < -0.3 is 14.4 Å². The summed E-state index contributed by atoms with van der Waals surface area (Å²) >= 11 is 5.99. The SMILES string of the molecule is CN(Cc1ccc2c(c1)OCCO2)C(=O)Cn1nnc(-c2cccc(Cl)c2)n1. The second-order valence-corrected chi connectivity index (χ2v) is 6.82. The van der Waals surface area contributed by atoms with Crippen molar-refractivity contribution in [2.75, 3.05) is 20.3 Å². The normalized spacial score (nSPS) is 12.6. The molecule has 0 spiro atoms. The van der Waals surface area contributed by atoms with Crippen LogP contribution in [0.2, 0.25) is 5.02 Å². The van der Waals surface area contributed by atoms with Crippen molar-refractivity contribution in [1.82, 2.24) is 25.1 Å². The number of amides is 1. The zero-order chi connectivity index (χ0) is 19.5. The van der Waals surface area contributed by atoms with Gasteiger partial charge in [0.25, 0.3) is 0 Å². The Morgan fingerprint density at radius 1 is 1.18 bits per heavy atom. The number of likely N-dealkylation sites (N-methyl/N-ethyl adjacent to an activating group) is 1. The first-order valence-corrected chi connectivity index (χ1v) is 9.12. The van der Waals surface area contributed by atoms with Crippen LogP contribution in [0, 0.1) is 0 Å². The van der Waals surface area contributed by atoms with Gasteiger partial charge in [-0.15, -0.1) is 10.2 Å². The number of hydrogen-bond donors (Lipinski definition) is 0. The Hall–Kier alpha value is -3.13. The summed E-state index contributed by atoms with van der Waals surface area (Å²) < 4.78 is 11.1. The van der Waals surface area contributed by atoms with Gasteiger partial charge in [-0.2, -0.15) is 4.80 Å². The van der Waals surface area contributed by atoms with Crippen molar-refractivity contribution >= 4 is 17.5 Å². The number of fused-ring (bicyclic) bond motifs is 1. The molecular formula is C19H18ClN5O3. The van der Waals surface area contributed by atoms with Crippen LogP contribution in [-0.4, -0.2) is 51.3 Å². The molecule has 0 saturated carbocycles. The highest BCUT2D eigenvalue weighted by Gasteiger charge is 2.16. The Labute approximate surface area is 166 Å². The molecule has 144 valence electrons. The molecule has 1 aliphatic heterocycles. The standard InChI is InChI=1S/C19H18ClN5O3/c1-24(11-13-5-6-16-17(9-13)28-8-7-27-16)18(26)12-25-22-19(21-23-25)14-3-2-4-15(20)10-14/h2-6,9-10H,7-8,11-12H2,1H3. The van der Waals surface area contributed by atoms with Gasteiger partial charge in [-0.1, -0.05) is 29.8 Å². The number of hydrogen-bond acceptors (Lipinski definition) is 6. The lowest BCUT2D eigenvalue weighted by Crippen LogP contribution is -2.30. The Morgan fingerprint density at radius 3 is 2.82 bits per heavy atom. The van der Waals surface area contributed by atoms with Crippen molar-refractivity contribution in [3.05, 3.63) is 53.1 Å². The molecule has 0 saturated heterocycles. The summed E-state index contributed by atoms with van der Waals surface area (Å²) in [6.07, 6.45) is 0. The molecule has 4 rings (SSSR count). The Kier molecular flexibility index (Phi) is 5.12. The van der Waals surface area contributed by atoms with E-state index in [-0.39, 0.29) is 12.5 Å². The van der Waals surface area contributed by atoms with Crippen LogP contribution < -0.4 is 9.47 Å². The highest BCUT2D eigenvalue weighted by molar-refractivity contribution is 6.30. The molecule has 3 aromatic rings. The predicted octanol–water partition coefficient (Wildman–Crippen LogP) is 2.42. The highest BCUT2D eigenvalue weighted by atomic mass is 35.5. The zero-order valence-corrected chi connectivity index (χ0v) is 16.0. The molecule has 0 bridgehead atoms. The van der Waals surface area contributed by atoms with E-state index in [0.717, 1.165) is 16.9 Å². The topological polar surface area (TPSA) is 82.4 Å². The molecule has 0 unspecified atom stereocenters. The Bertz CT molecular complexity index is 1010. The smallest absolute Gasteiger partial charge is 0.246 e. The monoisotopic (exact) mass is 399 g/mol. The third-order valence-corrected chi connectivity index (χ3v) is 4.50. The highest BCUT2D eigenvalue weighted by Crippen LogP contribution is 2.31. The lowest BCUT2D eigenvalue weighted by Gasteiger charge is -2.21. The van der Waals surface area contributed by atoms with E-state index >= 15 is 0 Å². The van der Waals surface area contributed by atoms with E-state index in [1.165, 1.54) is 4.80 Å². The van der Waals surface area contributed by atoms with Gasteiger partial charge in [0.15, 0.2) is 11.5 Å². The largest absolute Gasteiger partial charge is 0.486 e. The number of halogens is 1. The number of nitrogens with zero attached hydrogens (tertiary/aromatic N) is 5. The first-order chi connectivity index (χ1) is 13.6. The van der Waals surface area contributed by atoms with Gasteiger partial charge in [0, 0.05) is 24.2 Å². The molecule has 0 fully saturated rings. The van der Waals surface area contributed by atoms with Crippen LogP contribution in [0.3, 0.4) is 0 Å². The van der Waals surface area contributed by atoms with Gasteiger partial charge in [-0.05, 0) is 35.0 Å². The first kappa shape index (κ1) is 18.2. The maximum atomic E-state index is 12.5. The number of carbonyl (C=O) groups excluding carboxylic acids is 1. The summed E-state index contributed by atoms with van der Waals surface area (Å²) in [7, 11) is 1.73. The predicted molar refractivity (Wildman–Crippen MR) is 102 cm³/mol. The summed E-state index contributed by atoms with van der Waals surface area (Å²) in [6, 6.07) is 12.8. The number of benzene rings is 2. The molecule has 8 nitrogen and oxygen atoms in total. The first-order valence-electron chi connectivity index (χ1n) is 8.75. The molecule has 9 heteroatoms. The summed E-state index contributed by atoms with van der Waals surface area (Å²) in [6.45, 7) is 1.50. The average molecular weight is 400 g/mol. The Balaban J connectivity index is 1.40. The molecule has 2 heterocycles. The zero-order valence-electron chi connectivity index (χ0n) is 15.2. The van der Waals surface area contributed by atoms with Gasteiger partial charge in [-0.3, -0.25) is 4.79 Å². The number of ether oxygens (including phenoxy) is 2. The minimum absolute atomic E-state index is 0.00534. The molecule has 0 aliphatic carbocycles. The minimum Gasteiger partial charge on any atom is -0.486 e. The molecule has 0 N–H and O–H groups in total. The third-order valence-electron chi connectivity index (χ3n) is 4.26. The van der Waals surface area contributed by atoms with Crippen molar-refractivity contribution in [3.63, 3.8) is 0 Å². The fourth-order valence-corrected chi connectivity index (χ4v) is 3.03. The molecular weight excluding hydrogens is 382 g/mol. The van der Waals surface area contributed by atoms with Gasteiger partial charge >= 0.3 is 0 Å². The van der Waals surface area contributed by atoms with E-state index in [1.807, 2.05) is 30.3 Å². The summed E-state index contributed by atoms with van der Waals surface area (Å²) in [4.78, 5) is 15.4. The average Bonchev–Trinajstić information content (AvgIpc) is 3.16. The molecule has 1 aliphatic rings. The molecule has 0 radical (unpaired) electrons. The van der Waals surface area contributed by atoms with E-state index < -0.39 is 0 Å². The summed E-state index contributed by atoms with van der Waals surface area (Å²) in [5, 5.41) is 12.8. The number of aromatic nitrogens is 4. The number of carbonyl (C=O) groups is 1. The van der Waals surface area contributed by atoms with Crippen molar-refractivity contribution in [3.8, 4) is 22.9 Å². The second kappa shape index (κ2) is 7.85. The molecule has 2 aromatic carbocycles. The van der Waals surface area contributed by atoms with E-state index in [9.17, 15) is 4.79 Å². The third kappa shape index (κ3) is 4.07. The van der Waals surface area contributed by atoms with E-state index in [0.29, 0.717) is 36.4 Å². The summed E-state index contributed by atoms with van der Waals surface area (Å²) in [5.41, 5.74) is 1.70. The van der Waals surface area contributed by atoms with E-state index in [1.54, 1.807) is 24.1 Å². The molecule has 1 amide bonds. The van der Waals surface area contributed by atoms with Crippen LogP contribution in [0.1, 0.15) is 5.56 Å². The fourth-order valence-electron chi connectivity index (χ4n) is 2.84. The van der Waals surface area contributed by atoms with Crippen LogP contribution >= 0.6 is 11.6 Å².